The standard InChI is InChI=1S/C22H24N2O5/c1-16(22(27)23-13-11-17-7-3-2-4-8-17)29-21(26)15-24-18-9-5-6-10-19(18)28-14-12-20(24)25/h2-10,16H,11-15H2,1H3,(H,23,27)/t16-/m0/s1. The zero-order valence-electron chi connectivity index (χ0n) is 16.3. The number of carbonyl (C=O) groups is 3. The molecule has 0 spiro atoms. The first kappa shape index (κ1) is 20.4. The summed E-state index contributed by atoms with van der Waals surface area (Å²) in [5.41, 5.74) is 1.63. The van der Waals surface area contributed by atoms with Crippen LogP contribution in [0.3, 0.4) is 0 Å². The summed E-state index contributed by atoms with van der Waals surface area (Å²) >= 11 is 0. The molecule has 152 valence electrons. The van der Waals surface area contributed by atoms with E-state index in [1.165, 1.54) is 11.8 Å². The van der Waals surface area contributed by atoms with Crippen molar-refractivity contribution in [1.82, 2.24) is 5.32 Å². The topological polar surface area (TPSA) is 84.9 Å². The Kier molecular flexibility index (Phi) is 6.84. The van der Waals surface area contributed by atoms with Crippen molar-refractivity contribution in [1.29, 1.82) is 0 Å². The van der Waals surface area contributed by atoms with Crippen molar-refractivity contribution < 1.29 is 23.9 Å². The molecule has 1 aliphatic heterocycles. The maximum atomic E-state index is 12.4. The lowest BCUT2D eigenvalue weighted by molar-refractivity contribution is -0.153. The molecule has 1 N–H and O–H groups in total. The molecule has 0 unspecified atom stereocenters. The third-order valence-electron chi connectivity index (χ3n) is 4.55. The van der Waals surface area contributed by atoms with Crippen molar-refractivity contribution in [2.75, 3.05) is 24.6 Å². The fraction of sp³-hybridized carbons (Fsp3) is 0.318. The molecule has 0 fully saturated rings. The van der Waals surface area contributed by atoms with Crippen LogP contribution in [0.1, 0.15) is 18.9 Å². The van der Waals surface area contributed by atoms with Crippen molar-refractivity contribution >= 4 is 23.5 Å². The number of para-hydroxylation sites is 2. The zero-order chi connectivity index (χ0) is 20.6. The van der Waals surface area contributed by atoms with Gasteiger partial charge in [0.15, 0.2) is 6.10 Å². The van der Waals surface area contributed by atoms with E-state index in [1.807, 2.05) is 30.3 Å². The highest BCUT2D eigenvalue weighted by Gasteiger charge is 2.27. The molecule has 0 aromatic heterocycles. The Labute approximate surface area is 169 Å². The molecule has 1 aliphatic rings. The zero-order valence-corrected chi connectivity index (χ0v) is 16.3. The predicted molar refractivity (Wildman–Crippen MR) is 108 cm³/mol. The summed E-state index contributed by atoms with van der Waals surface area (Å²) in [5.74, 6) is -0.717. The van der Waals surface area contributed by atoms with Gasteiger partial charge in [-0.25, -0.2) is 0 Å². The average molecular weight is 396 g/mol. The van der Waals surface area contributed by atoms with E-state index < -0.39 is 12.1 Å². The van der Waals surface area contributed by atoms with Gasteiger partial charge in [-0.1, -0.05) is 42.5 Å². The number of nitrogens with zero attached hydrogens (tertiary/aromatic N) is 1. The lowest BCUT2D eigenvalue weighted by atomic mass is 10.1. The quantitative estimate of drug-likeness (QED) is 0.725. The van der Waals surface area contributed by atoms with Crippen LogP contribution >= 0.6 is 0 Å². The van der Waals surface area contributed by atoms with Crippen LogP contribution < -0.4 is 15.0 Å². The van der Waals surface area contributed by atoms with Gasteiger partial charge in [0.05, 0.1) is 18.7 Å². The molecule has 0 bridgehead atoms. The summed E-state index contributed by atoms with van der Waals surface area (Å²) in [7, 11) is 0. The minimum Gasteiger partial charge on any atom is -0.491 e. The van der Waals surface area contributed by atoms with Crippen molar-refractivity contribution in [3.8, 4) is 5.75 Å². The molecular formula is C22H24N2O5. The van der Waals surface area contributed by atoms with E-state index in [9.17, 15) is 14.4 Å². The molecule has 0 saturated heterocycles. The summed E-state index contributed by atoms with van der Waals surface area (Å²) in [4.78, 5) is 38.2. The van der Waals surface area contributed by atoms with Crippen LogP contribution in [0.4, 0.5) is 5.69 Å². The van der Waals surface area contributed by atoms with Gasteiger partial charge < -0.3 is 14.8 Å². The van der Waals surface area contributed by atoms with Crippen molar-refractivity contribution in [2.45, 2.75) is 25.9 Å². The maximum absolute atomic E-state index is 12.4. The summed E-state index contributed by atoms with van der Waals surface area (Å²) in [6, 6.07) is 16.8. The maximum Gasteiger partial charge on any atom is 0.326 e. The number of nitrogens with one attached hydrogen (secondary N) is 1. The fourth-order valence-electron chi connectivity index (χ4n) is 3.03. The first-order chi connectivity index (χ1) is 14.0. The summed E-state index contributed by atoms with van der Waals surface area (Å²) < 4.78 is 10.8. The molecule has 2 amide bonds. The van der Waals surface area contributed by atoms with Crippen LogP contribution in [0.5, 0.6) is 5.75 Å². The van der Waals surface area contributed by atoms with E-state index in [2.05, 4.69) is 5.32 Å². The van der Waals surface area contributed by atoms with Crippen molar-refractivity contribution in [3.63, 3.8) is 0 Å². The smallest absolute Gasteiger partial charge is 0.326 e. The summed E-state index contributed by atoms with van der Waals surface area (Å²) in [6.45, 7) is 1.93. The van der Waals surface area contributed by atoms with Gasteiger partial charge in [0.1, 0.15) is 12.3 Å². The second-order valence-electron chi connectivity index (χ2n) is 6.70. The van der Waals surface area contributed by atoms with Gasteiger partial charge in [0, 0.05) is 6.54 Å². The normalized spacial score (nSPS) is 14.2. The number of carbonyl (C=O) groups excluding carboxylic acids is 3. The van der Waals surface area contributed by atoms with E-state index in [4.69, 9.17) is 9.47 Å². The van der Waals surface area contributed by atoms with Gasteiger partial charge in [0.25, 0.3) is 5.91 Å². The van der Waals surface area contributed by atoms with Gasteiger partial charge in [-0.15, -0.1) is 0 Å². The molecule has 0 saturated carbocycles. The van der Waals surface area contributed by atoms with Crippen LogP contribution in [-0.4, -0.2) is 43.6 Å². The van der Waals surface area contributed by atoms with Gasteiger partial charge in [0.2, 0.25) is 5.91 Å². The second-order valence-corrected chi connectivity index (χ2v) is 6.70. The van der Waals surface area contributed by atoms with Crippen LogP contribution in [0.15, 0.2) is 54.6 Å². The number of hydrogen-bond donors (Lipinski definition) is 1. The molecule has 2 aromatic rings. The fourth-order valence-corrected chi connectivity index (χ4v) is 3.03. The highest BCUT2D eigenvalue weighted by atomic mass is 16.5. The lowest BCUT2D eigenvalue weighted by Gasteiger charge is -2.22. The number of rotatable bonds is 7. The SMILES string of the molecule is C[C@H](OC(=O)CN1C(=O)CCOc2ccccc21)C(=O)NCCc1ccccc1. The van der Waals surface area contributed by atoms with Crippen molar-refractivity contribution in [3.05, 3.63) is 60.2 Å². The molecule has 0 aliphatic carbocycles. The molecule has 2 aromatic carbocycles. The largest absolute Gasteiger partial charge is 0.491 e. The van der Waals surface area contributed by atoms with Crippen LogP contribution in [0.2, 0.25) is 0 Å². The van der Waals surface area contributed by atoms with Crippen molar-refractivity contribution in [2.24, 2.45) is 0 Å². The monoisotopic (exact) mass is 396 g/mol. The highest BCUT2D eigenvalue weighted by molar-refractivity contribution is 5.99. The van der Waals surface area contributed by atoms with Crippen LogP contribution in [0, 0.1) is 0 Å². The van der Waals surface area contributed by atoms with Gasteiger partial charge >= 0.3 is 5.97 Å². The van der Waals surface area contributed by atoms with E-state index in [1.54, 1.807) is 24.3 Å². The minimum absolute atomic E-state index is 0.164. The average Bonchev–Trinajstić information content (AvgIpc) is 2.87. The number of benzene rings is 2. The predicted octanol–water partition coefficient (Wildman–Crippen LogP) is 2.09. The Bertz CT molecular complexity index is 869. The molecule has 7 heteroatoms. The van der Waals surface area contributed by atoms with Gasteiger partial charge in [-0.2, -0.15) is 0 Å². The van der Waals surface area contributed by atoms with Crippen LogP contribution in [-0.2, 0) is 25.5 Å². The molecule has 3 rings (SSSR count). The molecule has 1 heterocycles. The van der Waals surface area contributed by atoms with E-state index in [0.717, 1.165) is 5.56 Å². The first-order valence-electron chi connectivity index (χ1n) is 9.58. The number of fused-ring (bicyclic) bond motifs is 1. The Morgan fingerprint density at radius 3 is 2.66 bits per heavy atom. The van der Waals surface area contributed by atoms with Gasteiger partial charge in [-0.05, 0) is 31.0 Å². The first-order valence-corrected chi connectivity index (χ1v) is 9.58. The Morgan fingerprint density at radius 1 is 1.14 bits per heavy atom. The summed E-state index contributed by atoms with van der Waals surface area (Å²) in [5, 5.41) is 2.76. The molecule has 29 heavy (non-hydrogen) atoms. The highest BCUT2D eigenvalue weighted by Crippen LogP contribution is 2.30. The molecular weight excluding hydrogens is 372 g/mol. The molecule has 7 nitrogen and oxygen atoms in total. The number of ether oxygens (including phenoxy) is 2. The Morgan fingerprint density at radius 2 is 1.86 bits per heavy atom. The molecule has 1 atom stereocenters. The molecule has 0 radical (unpaired) electrons. The number of anilines is 1. The lowest BCUT2D eigenvalue weighted by Crippen LogP contribution is -2.41. The Hall–Kier alpha value is -3.35. The Balaban J connectivity index is 1.51. The third kappa shape index (κ3) is 5.57. The second kappa shape index (κ2) is 9.73. The van der Waals surface area contributed by atoms with Crippen LogP contribution in [0.25, 0.3) is 0 Å². The summed E-state index contributed by atoms with van der Waals surface area (Å²) in [6.07, 6.45) is -0.101. The third-order valence-corrected chi connectivity index (χ3v) is 4.55. The van der Waals surface area contributed by atoms with E-state index in [0.29, 0.717) is 24.4 Å². The minimum atomic E-state index is -0.952. The number of hydrogen-bond acceptors (Lipinski definition) is 5. The van der Waals surface area contributed by atoms with E-state index in [-0.39, 0.29) is 31.4 Å². The number of amides is 2. The van der Waals surface area contributed by atoms with Gasteiger partial charge in [-0.3, -0.25) is 19.3 Å². The number of esters is 1. The van der Waals surface area contributed by atoms with E-state index >= 15 is 0 Å².